The van der Waals surface area contributed by atoms with Crippen molar-refractivity contribution in [3.8, 4) is 6.01 Å². The van der Waals surface area contributed by atoms with Gasteiger partial charge in [-0.25, -0.2) is 0 Å². The van der Waals surface area contributed by atoms with E-state index < -0.39 is 0 Å². The van der Waals surface area contributed by atoms with Crippen LogP contribution in [-0.2, 0) is 0 Å². The summed E-state index contributed by atoms with van der Waals surface area (Å²) in [6.45, 7) is 5.33. The quantitative estimate of drug-likeness (QED) is 0.865. The Morgan fingerprint density at radius 1 is 1.16 bits per heavy atom. The maximum Gasteiger partial charge on any atom is 0.322 e. The van der Waals surface area contributed by atoms with Gasteiger partial charge in [-0.15, -0.1) is 0 Å². The van der Waals surface area contributed by atoms with Crippen LogP contribution < -0.4 is 10.1 Å². The average molecular weight is 282 g/mol. The maximum atomic E-state index is 5.41. The van der Waals surface area contributed by atoms with Gasteiger partial charge in [-0.3, -0.25) is 0 Å². The molecule has 1 aliphatic rings. The van der Waals surface area contributed by atoms with Gasteiger partial charge < -0.3 is 10.1 Å². The summed E-state index contributed by atoms with van der Waals surface area (Å²) in [5, 5.41) is 4.55. The monoisotopic (exact) mass is 282 g/mol. The van der Waals surface area contributed by atoms with Crippen molar-refractivity contribution in [3.05, 3.63) is 0 Å². The summed E-state index contributed by atoms with van der Waals surface area (Å²) in [5.41, 5.74) is 0. The molecule has 6 heteroatoms. The first-order chi connectivity index (χ1) is 9.31. The van der Waals surface area contributed by atoms with Crippen molar-refractivity contribution in [2.75, 3.05) is 18.5 Å². The fraction of sp³-hybridized carbons (Fsp3) is 0.769. The van der Waals surface area contributed by atoms with E-state index in [1.807, 2.05) is 13.8 Å². The van der Waals surface area contributed by atoms with Crippen LogP contribution >= 0.6 is 11.8 Å². The van der Waals surface area contributed by atoms with Crippen LogP contribution in [0.25, 0.3) is 0 Å². The number of aromatic nitrogens is 3. The molecule has 1 heterocycles. The molecule has 1 fully saturated rings. The topological polar surface area (TPSA) is 59.9 Å². The van der Waals surface area contributed by atoms with E-state index in [0.29, 0.717) is 23.8 Å². The lowest BCUT2D eigenvalue weighted by Gasteiger charge is -2.20. The van der Waals surface area contributed by atoms with E-state index in [1.54, 1.807) is 11.8 Å². The van der Waals surface area contributed by atoms with E-state index in [2.05, 4.69) is 20.3 Å². The van der Waals surface area contributed by atoms with Gasteiger partial charge in [0.1, 0.15) is 0 Å². The van der Waals surface area contributed by atoms with Gasteiger partial charge >= 0.3 is 6.01 Å². The van der Waals surface area contributed by atoms with E-state index >= 15 is 0 Å². The highest BCUT2D eigenvalue weighted by atomic mass is 32.2. The summed E-state index contributed by atoms with van der Waals surface area (Å²) in [5.74, 6) is 0.610. The van der Waals surface area contributed by atoms with Gasteiger partial charge in [0.25, 0.3) is 0 Å². The minimum atomic E-state index is 0.423. The Kier molecular flexibility index (Phi) is 5.69. The van der Waals surface area contributed by atoms with Crippen LogP contribution in [0, 0.1) is 0 Å². The second kappa shape index (κ2) is 7.53. The molecule has 0 radical (unpaired) electrons. The number of nitrogens with one attached hydrogen (secondary N) is 1. The Morgan fingerprint density at radius 3 is 2.63 bits per heavy atom. The van der Waals surface area contributed by atoms with Gasteiger partial charge in [0.2, 0.25) is 5.95 Å². The molecule has 0 aliphatic heterocycles. The molecule has 1 aromatic heterocycles. The molecule has 1 aromatic rings. The van der Waals surface area contributed by atoms with E-state index in [0.717, 1.165) is 11.7 Å². The lowest BCUT2D eigenvalue weighted by molar-refractivity contribution is 0.308. The molecule has 1 aliphatic carbocycles. The zero-order valence-electron chi connectivity index (χ0n) is 11.7. The smallest absolute Gasteiger partial charge is 0.322 e. The Balaban J connectivity index is 2.08. The van der Waals surface area contributed by atoms with Crippen LogP contribution in [-0.4, -0.2) is 33.4 Å². The van der Waals surface area contributed by atoms with Gasteiger partial charge in [-0.05, 0) is 26.7 Å². The molecular weight excluding hydrogens is 260 g/mol. The molecule has 0 amide bonds. The van der Waals surface area contributed by atoms with Gasteiger partial charge in [-0.2, -0.15) is 15.0 Å². The Morgan fingerprint density at radius 2 is 1.95 bits per heavy atom. The SMILES string of the molecule is CCNc1nc(OCC)nc(SC2CCCCC2)n1. The molecule has 0 bridgehead atoms. The number of anilines is 1. The standard InChI is InChI=1S/C13H22N4OS/c1-3-14-11-15-12(18-4-2)17-13(16-11)19-10-8-6-5-7-9-10/h10H,3-9H2,1-2H3,(H,14,15,16,17). The number of ether oxygens (including phenoxy) is 1. The summed E-state index contributed by atoms with van der Waals surface area (Å²) in [6.07, 6.45) is 6.52. The molecule has 0 spiro atoms. The van der Waals surface area contributed by atoms with E-state index in [1.165, 1.54) is 32.1 Å². The highest BCUT2D eigenvalue weighted by Gasteiger charge is 2.17. The van der Waals surface area contributed by atoms with Crippen LogP contribution in [0.3, 0.4) is 0 Å². The predicted molar refractivity (Wildman–Crippen MR) is 77.9 cm³/mol. The van der Waals surface area contributed by atoms with Crippen LogP contribution in [0.2, 0.25) is 0 Å². The molecular formula is C13H22N4OS. The molecule has 19 heavy (non-hydrogen) atoms. The minimum absolute atomic E-state index is 0.423. The molecule has 1 saturated carbocycles. The minimum Gasteiger partial charge on any atom is -0.464 e. The molecule has 0 aromatic carbocycles. The summed E-state index contributed by atoms with van der Waals surface area (Å²) in [4.78, 5) is 13.1. The fourth-order valence-electron chi connectivity index (χ4n) is 2.15. The number of rotatable bonds is 6. The van der Waals surface area contributed by atoms with Gasteiger partial charge in [0, 0.05) is 11.8 Å². The number of hydrogen-bond donors (Lipinski definition) is 1. The van der Waals surface area contributed by atoms with Gasteiger partial charge in [0.15, 0.2) is 5.16 Å². The number of hydrogen-bond acceptors (Lipinski definition) is 6. The summed E-state index contributed by atoms with van der Waals surface area (Å²) in [7, 11) is 0. The zero-order valence-corrected chi connectivity index (χ0v) is 12.5. The fourth-order valence-corrected chi connectivity index (χ4v) is 3.29. The zero-order chi connectivity index (χ0) is 13.5. The van der Waals surface area contributed by atoms with Crippen LogP contribution in [0.15, 0.2) is 5.16 Å². The van der Waals surface area contributed by atoms with Crippen molar-refractivity contribution in [3.63, 3.8) is 0 Å². The number of thioether (sulfide) groups is 1. The highest BCUT2D eigenvalue weighted by molar-refractivity contribution is 7.99. The predicted octanol–water partition coefficient (Wildman–Crippen LogP) is 3.13. The number of nitrogens with zero attached hydrogens (tertiary/aromatic N) is 3. The molecule has 106 valence electrons. The third-order valence-electron chi connectivity index (χ3n) is 3.03. The third kappa shape index (κ3) is 4.53. The maximum absolute atomic E-state index is 5.41. The molecule has 0 unspecified atom stereocenters. The second-order valence-corrected chi connectivity index (χ2v) is 5.83. The Hall–Kier alpha value is -1.04. The van der Waals surface area contributed by atoms with E-state index in [-0.39, 0.29) is 0 Å². The summed E-state index contributed by atoms with van der Waals surface area (Å²) in [6, 6.07) is 0.423. The van der Waals surface area contributed by atoms with Crippen molar-refractivity contribution in [1.29, 1.82) is 0 Å². The summed E-state index contributed by atoms with van der Waals surface area (Å²) >= 11 is 1.76. The Labute approximate surface area is 119 Å². The van der Waals surface area contributed by atoms with Crippen LogP contribution in [0.1, 0.15) is 46.0 Å². The van der Waals surface area contributed by atoms with Crippen molar-refractivity contribution in [2.45, 2.75) is 56.4 Å². The van der Waals surface area contributed by atoms with Crippen molar-refractivity contribution in [1.82, 2.24) is 15.0 Å². The lowest BCUT2D eigenvalue weighted by atomic mass is 10.0. The molecule has 5 nitrogen and oxygen atoms in total. The third-order valence-corrected chi connectivity index (χ3v) is 4.23. The molecule has 0 saturated heterocycles. The van der Waals surface area contributed by atoms with E-state index in [4.69, 9.17) is 4.74 Å². The first kappa shape index (κ1) is 14.4. The van der Waals surface area contributed by atoms with Crippen molar-refractivity contribution < 1.29 is 4.74 Å². The summed E-state index contributed by atoms with van der Waals surface area (Å²) < 4.78 is 5.41. The van der Waals surface area contributed by atoms with Gasteiger partial charge in [0.05, 0.1) is 6.61 Å². The average Bonchev–Trinajstić information content (AvgIpc) is 2.40. The largest absolute Gasteiger partial charge is 0.464 e. The molecule has 0 atom stereocenters. The Bertz CT molecular complexity index is 372. The lowest BCUT2D eigenvalue weighted by Crippen LogP contribution is -2.11. The van der Waals surface area contributed by atoms with Crippen molar-refractivity contribution in [2.24, 2.45) is 0 Å². The first-order valence-corrected chi connectivity index (χ1v) is 7.99. The molecule has 1 N–H and O–H groups in total. The molecule has 2 rings (SSSR count). The highest BCUT2D eigenvalue weighted by Crippen LogP contribution is 2.32. The van der Waals surface area contributed by atoms with Crippen LogP contribution in [0.4, 0.5) is 5.95 Å². The second-order valence-electron chi connectivity index (χ2n) is 4.57. The van der Waals surface area contributed by atoms with Crippen LogP contribution in [0.5, 0.6) is 6.01 Å². The van der Waals surface area contributed by atoms with Gasteiger partial charge in [-0.1, -0.05) is 31.0 Å². The first-order valence-electron chi connectivity index (χ1n) is 7.11. The van der Waals surface area contributed by atoms with Crippen molar-refractivity contribution >= 4 is 17.7 Å². The normalized spacial score (nSPS) is 16.3. The van der Waals surface area contributed by atoms with E-state index in [9.17, 15) is 0 Å².